The van der Waals surface area contributed by atoms with Crippen molar-refractivity contribution in [2.75, 3.05) is 0 Å². The van der Waals surface area contributed by atoms with Gasteiger partial charge in [0.1, 0.15) is 0 Å². The third-order valence-corrected chi connectivity index (χ3v) is 7.99. The van der Waals surface area contributed by atoms with E-state index in [1.807, 2.05) is 0 Å². The van der Waals surface area contributed by atoms with Crippen molar-refractivity contribution in [3.63, 3.8) is 0 Å². The Hall–Kier alpha value is -5.27. The first-order chi connectivity index (χ1) is 19.9. The molecule has 0 bridgehead atoms. The Morgan fingerprint density at radius 3 is 1.50 bits per heavy atom. The minimum atomic E-state index is 1.01. The van der Waals surface area contributed by atoms with Crippen LogP contribution >= 0.6 is 0 Å². The van der Waals surface area contributed by atoms with E-state index in [2.05, 4.69) is 152 Å². The molecule has 40 heavy (non-hydrogen) atoms. The SMILES string of the molecule is c1ccc(-c2cccc(-c3nc(-c4ccccc4)c4c(c3-c3ccccc3)-c3cccc5cccc-4c35)c2)cc1. The number of hydrogen-bond acceptors (Lipinski definition) is 1. The Labute approximate surface area is 234 Å². The maximum atomic E-state index is 5.57. The van der Waals surface area contributed by atoms with Crippen LogP contribution in [-0.4, -0.2) is 4.98 Å². The summed E-state index contributed by atoms with van der Waals surface area (Å²) < 4.78 is 0. The summed E-state index contributed by atoms with van der Waals surface area (Å²) in [4.78, 5) is 5.57. The molecule has 186 valence electrons. The molecule has 1 aliphatic rings. The summed E-state index contributed by atoms with van der Waals surface area (Å²) in [6, 6.07) is 54.1. The van der Waals surface area contributed by atoms with Crippen molar-refractivity contribution in [1.29, 1.82) is 0 Å². The maximum Gasteiger partial charge on any atom is 0.0794 e. The zero-order chi connectivity index (χ0) is 26.5. The van der Waals surface area contributed by atoms with Gasteiger partial charge in [-0.3, -0.25) is 0 Å². The lowest BCUT2D eigenvalue weighted by Crippen LogP contribution is -1.98. The fraction of sp³-hybridized carbons (Fsp3) is 0. The summed E-state index contributed by atoms with van der Waals surface area (Å²) >= 11 is 0. The van der Waals surface area contributed by atoms with Gasteiger partial charge in [-0.2, -0.15) is 0 Å². The van der Waals surface area contributed by atoms with Gasteiger partial charge in [-0.05, 0) is 44.7 Å². The van der Waals surface area contributed by atoms with Gasteiger partial charge in [0.15, 0.2) is 0 Å². The third-order valence-electron chi connectivity index (χ3n) is 7.99. The molecule has 1 heterocycles. The first-order valence-electron chi connectivity index (χ1n) is 13.7. The van der Waals surface area contributed by atoms with Crippen LogP contribution in [0.25, 0.3) is 77.8 Å². The molecule has 0 unspecified atom stereocenters. The van der Waals surface area contributed by atoms with Crippen molar-refractivity contribution in [1.82, 2.24) is 4.98 Å². The summed E-state index contributed by atoms with van der Waals surface area (Å²) in [7, 11) is 0. The zero-order valence-corrected chi connectivity index (χ0v) is 21.9. The van der Waals surface area contributed by atoms with Gasteiger partial charge < -0.3 is 0 Å². The second kappa shape index (κ2) is 9.18. The van der Waals surface area contributed by atoms with E-state index in [-0.39, 0.29) is 0 Å². The molecule has 0 radical (unpaired) electrons. The van der Waals surface area contributed by atoms with Gasteiger partial charge in [-0.1, -0.05) is 146 Å². The molecule has 1 aromatic heterocycles. The van der Waals surface area contributed by atoms with Crippen molar-refractivity contribution < 1.29 is 0 Å². The fourth-order valence-corrected chi connectivity index (χ4v) is 6.25. The van der Waals surface area contributed by atoms with E-state index in [0.29, 0.717) is 0 Å². The fourth-order valence-electron chi connectivity index (χ4n) is 6.25. The molecule has 0 atom stereocenters. The van der Waals surface area contributed by atoms with Crippen LogP contribution in [0.2, 0.25) is 0 Å². The third kappa shape index (κ3) is 3.52. The van der Waals surface area contributed by atoms with E-state index in [0.717, 1.165) is 22.5 Å². The van der Waals surface area contributed by atoms with Gasteiger partial charge in [0.25, 0.3) is 0 Å². The Balaban J connectivity index is 1.52. The van der Waals surface area contributed by atoms with E-state index < -0.39 is 0 Å². The maximum absolute atomic E-state index is 5.57. The average molecular weight is 508 g/mol. The highest BCUT2D eigenvalue weighted by molar-refractivity contribution is 6.21. The van der Waals surface area contributed by atoms with Gasteiger partial charge in [0, 0.05) is 27.8 Å². The molecule has 0 spiro atoms. The highest BCUT2D eigenvalue weighted by Crippen LogP contribution is 2.56. The summed E-state index contributed by atoms with van der Waals surface area (Å²) in [5.74, 6) is 0. The minimum Gasteiger partial charge on any atom is -0.246 e. The highest BCUT2D eigenvalue weighted by atomic mass is 14.7. The molecule has 0 saturated carbocycles. The molecule has 0 fully saturated rings. The van der Waals surface area contributed by atoms with Crippen LogP contribution in [0.15, 0.2) is 152 Å². The Morgan fingerprint density at radius 2 is 0.825 bits per heavy atom. The average Bonchev–Trinajstić information content (AvgIpc) is 3.38. The normalized spacial score (nSPS) is 11.5. The molecule has 0 amide bonds. The molecule has 0 N–H and O–H groups in total. The van der Waals surface area contributed by atoms with E-state index in [1.54, 1.807) is 0 Å². The predicted octanol–water partition coefficient (Wildman–Crippen LogP) is 10.6. The number of benzene rings is 6. The number of pyridine rings is 1. The Bertz CT molecular complexity index is 2020. The monoisotopic (exact) mass is 507 g/mol. The standard InChI is InChI=1S/C39H25N/c1-4-13-26(14-5-1)30-21-10-22-31(25-30)39-35(28-15-6-2-7-16-28)36-32-23-11-19-27-20-12-24-33(34(27)32)37(36)38(40-39)29-17-8-3-9-18-29/h1-25H. The van der Waals surface area contributed by atoms with E-state index in [9.17, 15) is 0 Å². The summed E-state index contributed by atoms with van der Waals surface area (Å²) in [5, 5.41) is 2.57. The van der Waals surface area contributed by atoms with Crippen LogP contribution in [0.3, 0.4) is 0 Å². The topological polar surface area (TPSA) is 12.9 Å². The van der Waals surface area contributed by atoms with Gasteiger partial charge >= 0.3 is 0 Å². The molecule has 1 nitrogen and oxygen atoms in total. The van der Waals surface area contributed by atoms with Crippen LogP contribution in [0.1, 0.15) is 0 Å². The first kappa shape index (κ1) is 22.7. The van der Waals surface area contributed by atoms with Crippen LogP contribution in [0, 0.1) is 0 Å². The van der Waals surface area contributed by atoms with Crippen molar-refractivity contribution in [2.24, 2.45) is 0 Å². The van der Waals surface area contributed by atoms with Crippen LogP contribution in [0.5, 0.6) is 0 Å². The van der Waals surface area contributed by atoms with Crippen LogP contribution in [0.4, 0.5) is 0 Å². The molecule has 8 rings (SSSR count). The van der Waals surface area contributed by atoms with E-state index in [4.69, 9.17) is 4.98 Å². The molecular weight excluding hydrogens is 482 g/mol. The lowest BCUT2D eigenvalue weighted by Gasteiger charge is -2.20. The smallest absolute Gasteiger partial charge is 0.0794 e. The number of rotatable bonds is 4. The highest BCUT2D eigenvalue weighted by Gasteiger charge is 2.31. The molecule has 0 aliphatic heterocycles. The Morgan fingerprint density at radius 1 is 0.325 bits per heavy atom. The van der Waals surface area contributed by atoms with Gasteiger partial charge in [-0.15, -0.1) is 0 Å². The molecule has 7 aromatic rings. The molecule has 6 aromatic carbocycles. The van der Waals surface area contributed by atoms with Crippen LogP contribution in [-0.2, 0) is 0 Å². The molecular formula is C39H25N. The van der Waals surface area contributed by atoms with Crippen molar-refractivity contribution >= 4 is 10.8 Å². The Kier molecular flexibility index (Phi) is 5.21. The van der Waals surface area contributed by atoms with Crippen molar-refractivity contribution in [3.8, 4) is 67.0 Å². The van der Waals surface area contributed by atoms with Gasteiger partial charge in [-0.25, -0.2) is 4.98 Å². The number of fused-ring (bicyclic) bond motifs is 3. The number of nitrogens with zero attached hydrogens (tertiary/aromatic N) is 1. The molecule has 0 saturated heterocycles. The lowest BCUT2D eigenvalue weighted by molar-refractivity contribution is 1.33. The first-order valence-corrected chi connectivity index (χ1v) is 13.7. The summed E-state index contributed by atoms with van der Waals surface area (Å²) in [6.45, 7) is 0. The largest absolute Gasteiger partial charge is 0.246 e. The van der Waals surface area contributed by atoms with E-state index >= 15 is 0 Å². The summed E-state index contributed by atoms with van der Waals surface area (Å²) in [5.41, 5.74) is 14.1. The number of hydrogen-bond donors (Lipinski definition) is 0. The predicted molar refractivity (Wildman–Crippen MR) is 168 cm³/mol. The zero-order valence-electron chi connectivity index (χ0n) is 21.9. The molecule has 1 heteroatoms. The quantitative estimate of drug-likeness (QED) is 0.231. The minimum absolute atomic E-state index is 1.01. The summed E-state index contributed by atoms with van der Waals surface area (Å²) in [6.07, 6.45) is 0. The second-order valence-electron chi connectivity index (χ2n) is 10.3. The van der Waals surface area contributed by atoms with Gasteiger partial charge in [0.05, 0.1) is 11.4 Å². The van der Waals surface area contributed by atoms with Crippen molar-refractivity contribution in [3.05, 3.63) is 152 Å². The lowest BCUT2D eigenvalue weighted by atomic mass is 9.87. The van der Waals surface area contributed by atoms with E-state index in [1.165, 1.54) is 55.3 Å². The molecule has 1 aliphatic carbocycles. The van der Waals surface area contributed by atoms with Crippen LogP contribution < -0.4 is 0 Å². The van der Waals surface area contributed by atoms with Crippen molar-refractivity contribution in [2.45, 2.75) is 0 Å². The number of aromatic nitrogens is 1. The van der Waals surface area contributed by atoms with Gasteiger partial charge in [0.2, 0.25) is 0 Å². The second-order valence-corrected chi connectivity index (χ2v) is 10.3.